The van der Waals surface area contributed by atoms with E-state index in [1.165, 1.54) is 11.1 Å². The van der Waals surface area contributed by atoms with Crippen molar-refractivity contribution < 1.29 is 19.4 Å². The number of aromatic nitrogens is 1. The minimum Gasteiger partial charge on any atom is -0.476 e. The van der Waals surface area contributed by atoms with Crippen molar-refractivity contribution in [3.8, 4) is 5.75 Å². The summed E-state index contributed by atoms with van der Waals surface area (Å²) in [5.41, 5.74) is -2.50. The molecule has 2 aromatic carbocycles. The molecular formula is C25H20BrClN2O4. The van der Waals surface area contributed by atoms with E-state index in [0.717, 1.165) is 4.47 Å². The zero-order valence-electron chi connectivity index (χ0n) is 17.8. The molecule has 1 amide bonds. The van der Waals surface area contributed by atoms with Gasteiger partial charge in [0.05, 0.1) is 10.9 Å². The number of ether oxygens (including phenoxy) is 1. The average molecular weight is 528 g/mol. The Kier molecular flexibility index (Phi) is 5.12. The van der Waals surface area contributed by atoms with Gasteiger partial charge in [-0.2, -0.15) is 0 Å². The number of ketones is 1. The zero-order chi connectivity index (χ0) is 23.5. The molecule has 168 valence electrons. The third-order valence-corrected chi connectivity index (χ3v) is 7.25. The number of carbonyl (C=O) groups is 2. The van der Waals surface area contributed by atoms with Crippen molar-refractivity contribution in [2.75, 3.05) is 14.1 Å². The topological polar surface area (TPSA) is 79.7 Å². The summed E-state index contributed by atoms with van der Waals surface area (Å²) in [7, 11) is 3.18. The lowest BCUT2D eigenvalue weighted by atomic mass is 9.71. The van der Waals surface area contributed by atoms with Gasteiger partial charge in [0.1, 0.15) is 17.4 Å². The molecule has 5 rings (SSSR count). The molecule has 0 bridgehead atoms. The Morgan fingerprint density at radius 2 is 1.82 bits per heavy atom. The number of nitrogens with zero attached hydrogens (tertiary/aromatic N) is 2. The zero-order valence-corrected chi connectivity index (χ0v) is 20.2. The Morgan fingerprint density at radius 1 is 1.15 bits per heavy atom. The first kappa shape index (κ1) is 22.1. The van der Waals surface area contributed by atoms with Crippen LogP contribution in [0.5, 0.6) is 5.75 Å². The van der Waals surface area contributed by atoms with Crippen molar-refractivity contribution in [3.63, 3.8) is 0 Å². The maximum Gasteiger partial charge on any atom is 0.233 e. The van der Waals surface area contributed by atoms with Gasteiger partial charge in [-0.1, -0.05) is 70.0 Å². The van der Waals surface area contributed by atoms with E-state index in [9.17, 15) is 14.7 Å². The highest BCUT2D eigenvalue weighted by Gasteiger charge is 2.78. The molecule has 2 aliphatic rings. The molecule has 0 radical (unpaired) electrons. The van der Waals surface area contributed by atoms with Gasteiger partial charge in [0.15, 0.2) is 11.4 Å². The van der Waals surface area contributed by atoms with Crippen LogP contribution >= 0.6 is 27.5 Å². The number of aliphatic hydroxyl groups is 1. The third kappa shape index (κ3) is 2.92. The Labute approximate surface area is 204 Å². The van der Waals surface area contributed by atoms with Gasteiger partial charge in [0.2, 0.25) is 11.5 Å². The molecule has 1 aliphatic heterocycles. The van der Waals surface area contributed by atoms with E-state index in [2.05, 4.69) is 20.9 Å². The lowest BCUT2D eigenvalue weighted by Gasteiger charge is -2.39. The Morgan fingerprint density at radius 3 is 2.45 bits per heavy atom. The quantitative estimate of drug-likeness (QED) is 0.520. The van der Waals surface area contributed by atoms with Crippen LogP contribution in [-0.4, -0.2) is 40.8 Å². The largest absolute Gasteiger partial charge is 0.476 e. The fraction of sp³-hybridized carbons (Fsp3) is 0.240. The molecule has 4 atom stereocenters. The van der Waals surface area contributed by atoms with Crippen LogP contribution < -0.4 is 4.74 Å². The Hall–Kier alpha value is -2.74. The summed E-state index contributed by atoms with van der Waals surface area (Å²) in [6.07, 6.45) is 1.37. The van der Waals surface area contributed by atoms with E-state index in [-0.39, 0.29) is 11.4 Å². The fourth-order valence-electron chi connectivity index (χ4n) is 5.16. The van der Waals surface area contributed by atoms with Crippen molar-refractivity contribution in [2.24, 2.45) is 5.92 Å². The molecule has 1 aromatic heterocycles. The van der Waals surface area contributed by atoms with Gasteiger partial charge in [0, 0.05) is 30.8 Å². The number of carbonyl (C=O) groups excluding carboxylic acids is 2. The summed E-state index contributed by atoms with van der Waals surface area (Å²) >= 11 is 9.61. The van der Waals surface area contributed by atoms with E-state index in [0.29, 0.717) is 16.1 Å². The molecular weight excluding hydrogens is 508 g/mol. The first-order valence-electron chi connectivity index (χ1n) is 10.4. The summed E-state index contributed by atoms with van der Waals surface area (Å²) in [5.74, 6) is -2.83. The first-order valence-corrected chi connectivity index (χ1v) is 11.5. The van der Waals surface area contributed by atoms with Crippen LogP contribution in [0.25, 0.3) is 0 Å². The van der Waals surface area contributed by atoms with Gasteiger partial charge in [-0.3, -0.25) is 14.6 Å². The Bertz CT molecular complexity index is 1270. The van der Waals surface area contributed by atoms with Gasteiger partial charge in [-0.15, -0.1) is 0 Å². The number of rotatable bonds is 3. The van der Waals surface area contributed by atoms with Crippen LogP contribution in [0.2, 0.25) is 5.02 Å². The maximum absolute atomic E-state index is 14.1. The van der Waals surface area contributed by atoms with Crippen molar-refractivity contribution >= 4 is 39.2 Å². The van der Waals surface area contributed by atoms with Gasteiger partial charge in [-0.05, 0) is 23.3 Å². The van der Waals surface area contributed by atoms with Crippen LogP contribution in [0.4, 0.5) is 0 Å². The Balaban J connectivity index is 1.88. The highest BCUT2D eigenvalue weighted by molar-refractivity contribution is 9.10. The maximum atomic E-state index is 14.1. The van der Waals surface area contributed by atoms with E-state index in [1.807, 2.05) is 42.5 Å². The highest BCUT2D eigenvalue weighted by atomic mass is 79.9. The molecule has 8 heteroatoms. The number of Topliss-reactive ketones (excluding diaryl/α,β-unsaturated/α-hetero) is 1. The number of halogens is 2. The molecule has 1 saturated carbocycles. The van der Waals surface area contributed by atoms with Crippen molar-refractivity contribution in [3.05, 3.63) is 93.2 Å². The summed E-state index contributed by atoms with van der Waals surface area (Å²) in [6, 6.07) is 17.9. The molecule has 6 nitrogen and oxygen atoms in total. The minimum absolute atomic E-state index is 0.0646. The molecule has 1 aliphatic carbocycles. The summed E-state index contributed by atoms with van der Waals surface area (Å²) in [4.78, 5) is 33.2. The van der Waals surface area contributed by atoms with E-state index < -0.39 is 34.7 Å². The SMILES string of the molecule is CN(C)C(=O)[C@H]1C(=O)[C@@]2(O)c3ncc(Cl)cc3O[C@@]2(c2ccc(Br)cc2)[C@@H]1c1ccccc1. The molecule has 1 N–H and O–H groups in total. The average Bonchev–Trinajstić information content (AvgIpc) is 3.17. The van der Waals surface area contributed by atoms with Gasteiger partial charge >= 0.3 is 0 Å². The molecule has 0 unspecified atom stereocenters. The van der Waals surface area contributed by atoms with Crippen molar-refractivity contribution in [1.82, 2.24) is 9.88 Å². The van der Waals surface area contributed by atoms with Crippen molar-refractivity contribution in [1.29, 1.82) is 0 Å². The van der Waals surface area contributed by atoms with E-state index in [4.69, 9.17) is 16.3 Å². The normalized spacial score (nSPS) is 27.6. The summed E-state index contributed by atoms with van der Waals surface area (Å²) < 4.78 is 7.35. The van der Waals surface area contributed by atoms with Gasteiger partial charge in [-0.25, -0.2) is 0 Å². The fourth-order valence-corrected chi connectivity index (χ4v) is 5.57. The number of fused-ring (bicyclic) bond motifs is 3. The minimum atomic E-state index is -2.20. The molecule has 0 spiro atoms. The van der Waals surface area contributed by atoms with Gasteiger partial charge in [0.25, 0.3) is 0 Å². The number of pyridine rings is 1. The second-order valence-corrected chi connectivity index (χ2v) is 9.87. The lowest BCUT2D eigenvalue weighted by molar-refractivity contribution is -0.153. The van der Waals surface area contributed by atoms with Crippen LogP contribution in [0, 0.1) is 5.92 Å². The summed E-state index contributed by atoms with van der Waals surface area (Å²) in [5, 5.41) is 12.6. The number of hydrogen-bond acceptors (Lipinski definition) is 5. The first-order chi connectivity index (χ1) is 15.7. The molecule has 0 saturated heterocycles. The molecule has 2 heterocycles. The lowest BCUT2D eigenvalue weighted by Crippen LogP contribution is -2.51. The van der Waals surface area contributed by atoms with Crippen LogP contribution in [0.1, 0.15) is 22.7 Å². The number of hydrogen-bond donors (Lipinski definition) is 1. The number of amides is 1. The second kappa shape index (κ2) is 7.65. The van der Waals surface area contributed by atoms with Gasteiger partial charge < -0.3 is 14.7 Å². The third-order valence-electron chi connectivity index (χ3n) is 6.52. The van der Waals surface area contributed by atoms with Crippen molar-refractivity contribution in [2.45, 2.75) is 17.1 Å². The highest BCUT2D eigenvalue weighted by Crippen LogP contribution is 2.66. The summed E-state index contributed by atoms with van der Waals surface area (Å²) in [6.45, 7) is 0. The predicted octanol–water partition coefficient (Wildman–Crippen LogP) is 4.04. The predicted molar refractivity (Wildman–Crippen MR) is 126 cm³/mol. The van der Waals surface area contributed by atoms with Crippen LogP contribution in [-0.2, 0) is 20.8 Å². The standard InChI is InChI=1S/C25H20BrClN2O4/c1-29(2)23(31)19-20(14-6-4-3-5-7-14)25(15-8-10-16(26)11-9-15)24(32,22(19)30)21-18(33-25)12-17(27)13-28-21/h3-13,19-20,32H,1-2H3/t19-,20-,24+,25+/m1/s1. The van der Waals surface area contributed by atoms with Crippen LogP contribution in [0.15, 0.2) is 71.3 Å². The van der Waals surface area contributed by atoms with E-state index >= 15 is 0 Å². The molecule has 1 fully saturated rings. The number of benzene rings is 2. The van der Waals surface area contributed by atoms with Crippen LogP contribution in [0.3, 0.4) is 0 Å². The second-order valence-electron chi connectivity index (χ2n) is 8.52. The van der Waals surface area contributed by atoms with E-state index in [1.54, 1.807) is 32.3 Å². The molecule has 33 heavy (non-hydrogen) atoms. The smallest absolute Gasteiger partial charge is 0.233 e. The monoisotopic (exact) mass is 526 g/mol. The molecule has 3 aromatic rings.